The molecule has 0 saturated carbocycles. The number of aliphatic imine (C=N–C) groups is 1. The second kappa shape index (κ2) is 11.8. The van der Waals surface area contributed by atoms with Gasteiger partial charge >= 0.3 is 0 Å². The molecule has 202 valence electrons. The normalized spacial score (nSPS) is 15.3. The number of carbonyl (C=O) groups is 1. The summed E-state index contributed by atoms with van der Waals surface area (Å²) in [7, 11) is 0. The monoisotopic (exact) mass is 560 g/mol. The van der Waals surface area contributed by atoms with Crippen molar-refractivity contribution in [2.24, 2.45) is 16.3 Å². The van der Waals surface area contributed by atoms with Crippen molar-refractivity contribution >= 4 is 40.1 Å². The molecule has 5 nitrogen and oxygen atoms in total. The van der Waals surface area contributed by atoms with E-state index in [4.69, 9.17) is 25.7 Å². The number of ether oxygens (including phenoxy) is 1. The largest absolute Gasteiger partial charge is 0.488 e. The van der Waals surface area contributed by atoms with E-state index in [0.29, 0.717) is 29.7 Å². The fourth-order valence-electron chi connectivity index (χ4n) is 4.89. The van der Waals surface area contributed by atoms with Gasteiger partial charge in [0.1, 0.15) is 23.1 Å². The summed E-state index contributed by atoms with van der Waals surface area (Å²) in [6.45, 7) is 7.66. The average molecular weight is 561 g/mol. The highest BCUT2D eigenvalue weighted by Gasteiger charge is 2.33. The molecule has 7 heteroatoms. The van der Waals surface area contributed by atoms with E-state index in [-0.39, 0.29) is 11.3 Å². The van der Waals surface area contributed by atoms with Gasteiger partial charge in [0.05, 0.1) is 18.4 Å². The maximum atomic E-state index is 13.5. The van der Waals surface area contributed by atoms with Crippen LogP contribution in [0.2, 0.25) is 5.02 Å². The number of carbonyl (C=O) groups excluding carboxylic acids is 1. The lowest BCUT2D eigenvalue weighted by molar-refractivity contribution is 0.0947. The zero-order valence-corrected chi connectivity index (χ0v) is 24.1. The third-order valence-corrected chi connectivity index (χ3v) is 8.66. The van der Waals surface area contributed by atoms with Crippen LogP contribution in [-0.2, 0) is 26.0 Å². The number of nitrogens with zero attached hydrogens (tertiary/aromatic N) is 1. The van der Waals surface area contributed by atoms with Gasteiger partial charge in [-0.1, -0.05) is 56.6 Å². The highest BCUT2D eigenvalue weighted by Crippen LogP contribution is 2.45. The predicted octanol–water partition coefficient (Wildman–Crippen LogP) is 8.41. The van der Waals surface area contributed by atoms with Gasteiger partial charge in [0.25, 0.3) is 5.91 Å². The van der Waals surface area contributed by atoms with Gasteiger partial charge < -0.3 is 14.5 Å². The summed E-state index contributed by atoms with van der Waals surface area (Å²) in [6, 6.07) is 19.1. The zero-order valence-electron chi connectivity index (χ0n) is 22.5. The van der Waals surface area contributed by atoms with Crippen LogP contribution >= 0.6 is 22.9 Å². The van der Waals surface area contributed by atoms with E-state index in [2.05, 4.69) is 26.1 Å². The quantitative estimate of drug-likeness (QED) is 0.220. The summed E-state index contributed by atoms with van der Waals surface area (Å²) in [6.07, 6.45) is 6.34. The van der Waals surface area contributed by atoms with Crippen LogP contribution in [0.1, 0.15) is 64.9 Å². The van der Waals surface area contributed by atoms with E-state index in [0.717, 1.165) is 52.5 Å². The van der Waals surface area contributed by atoms with Gasteiger partial charge in [0.2, 0.25) is 0 Å². The number of amides is 1. The van der Waals surface area contributed by atoms with Crippen LogP contribution in [-0.4, -0.2) is 12.1 Å². The molecule has 2 heterocycles. The molecule has 0 spiro atoms. The van der Waals surface area contributed by atoms with Gasteiger partial charge in [-0.05, 0) is 78.1 Å². The Kier molecular flexibility index (Phi) is 8.24. The SMILES string of the molecule is CC(C)(C)[C@H]1CCc2c(sc(N=Cc3ccccc3OCc3ccc(Cl)cc3)c2C(=O)NCc2ccco2)C1. The Morgan fingerprint density at radius 1 is 1.15 bits per heavy atom. The van der Waals surface area contributed by atoms with Gasteiger partial charge in [0.15, 0.2) is 0 Å². The van der Waals surface area contributed by atoms with Gasteiger partial charge in [-0.25, -0.2) is 4.99 Å². The van der Waals surface area contributed by atoms with Crippen LogP contribution in [0.5, 0.6) is 5.75 Å². The summed E-state index contributed by atoms with van der Waals surface area (Å²) in [5, 5.41) is 4.47. The molecule has 39 heavy (non-hydrogen) atoms. The maximum Gasteiger partial charge on any atom is 0.255 e. The van der Waals surface area contributed by atoms with Gasteiger partial charge in [-0.3, -0.25) is 4.79 Å². The lowest BCUT2D eigenvalue weighted by atomic mass is 9.72. The second-order valence-corrected chi connectivity index (χ2v) is 12.5. The summed E-state index contributed by atoms with van der Waals surface area (Å²) >= 11 is 7.65. The fourth-order valence-corrected chi connectivity index (χ4v) is 6.29. The number of nitrogens with one attached hydrogen (secondary N) is 1. The molecular formula is C32H33ClN2O3S. The van der Waals surface area contributed by atoms with Crippen molar-refractivity contribution in [3.63, 3.8) is 0 Å². The van der Waals surface area contributed by atoms with Crippen LogP contribution in [0.25, 0.3) is 0 Å². The molecule has 1 N–H and O–H groups in total. The van der Waals surface area contributed by atoms with E-state index >= 15 is 0 Å². The zero-order chi connectivity index (χ0) is 27.4. The van der Waals surface area contributed by atoms with Gasteiger partial charge in [0, 0.05) is 21.7 Å². The minimum Gasteiger partial charge on any atom is -0.488 e. The van der Waals surface area contributed by atoms with Crippen molar-refractivity contribution in [1.29, 1.82) is 0 Å². The summed E-state index contributed by atoms with van der Waals surface area (Å²) in [5.74, 6) is 1.91. The topological polar surface area (TPSA) is 63.8 Å². The number of furan rings is 1. The number of hydrogen-bond donors (Lipinski definition) is 1. The first-order valence-corrected chi connectivity index (χ1v) is 14.4. The van der Waals surface area contributed by atoms with E-state index in [1.807, 2.05) is 60.7 Å². The molecule has 0 unspecified atom stereocenters. The first-order valence-electron chi connectivity index (χ1n) is 13.2. The van der Waals surface area contributed by atoms with Crippen molar-refractivity contribution in [3.8, 4) is 5.75 Å². The van der Waals surface area contributed by atoms with E-state index in [9.17, 15) is 4.79 Å². The van der Waals surface area contributed by atoms with Crippen LogP contribution in [0, 0.1) is 11.3 Å². The second-order valence-electron chi connectivity index (χ2n) is 11.0. The van der Waals surface area contributed by atoms with Crippen molar-refractivity contribution in [3.05, 3.63) is 105 Å². The third-order valence-electron chi connectivity index (χ3n) is 7.25. The summed E-state index contributed by atoms with van der Waals surface area (Å²) in [4.78, 5) is 19.6. The molecule has 0 bridgehead atoms. The highest BCUT2D eigenvalue weighted by molar-refractivity contribution is 7.16. The van der Waals surface area contributed by atoms with Crippen LogP contribution < -0.4 is 10.1 Å². The molecule has 1 aliphatic carbocycles. The number of rotatable bonds is 8. The Hall–Kier alpha value is -3.35. The smallest absolute Gasteiger partial charge is 0.255 e. The van der Waals surface area contributed by atoms with Gasteiger partial charge in [-0.15, -0.1) is 11.3 Å². The molecule has 1 amide bonds. The van der Waals surface area contributed by atoms with Crippen molar-refractivity contribution < 1.29 is 13.9 Å². The van der Waals surface area contributed by atoms with Gasteiger partial charge in [-0.2, -0.15) is 0 Å². The van der Waals surface area contributed by atoms with E-state index in [1.54, 1.807) is 23.8 Å². The molecule has 2 aromatic heterocycles. The summed E-state index contributed by atoms with van der Waals surface area (Å²) < 4.78 is 11.5. The minimum absolute atomic E-state index is 0.113. The number of thiophene rings is 1. The van der Waals surface area contributed by atoms with Crippen molar-refractivity contribution in [2.75, 3.05) is 0 Å². The number of benzene rings is 2. The number of para-hydroxylation sites is 1. The van der Waals surface area contributed by atoms with Crippen LogP contribution in [0.3, 0.4) is 0 Å². The third kappa shape index (κ3) is 6.63. The first-order chi connectivity index (χ1) is 18.8. The van der Waals surface area contributed by atoms with E-state index < -0.39 is 0 Å². The molecule has 5 rings (SSSR count). The molecule has 0 radical (unpaired) electrons. The number of fused-ring (bicyclic) bond motifs is 1. The average Bonchev–Trinajstić information content (AvgIpc) is 3.57. The van der Waals surface area contributed by atoms with Crippen molar-refractivity contribution in [1.82, 2.24) is 5.32 Å². The Morgan fingerprint density at radius 2 is 1.95 bits per heavy atom. The summed E-state index contributed by atoms with van der Waals surface area (Å²) in [5.41, 5.74) is 3.92. The van der Waals surface area contributed by atoms with E-state index in [1.165, 1.54) is 4.88 Å². The predicted molar refractivity (Wildman–Crippen MR) is 159 cm³/mol. The first kappa shape index (κ1) is 27.2. The maximum absolute atomic E-state index is 13.5. The Balaban J connectivity index is 1.41. The number of hydrogen-bond acceptors (Lipinski definition) is 5. The lowest BCUT2D eigenvalue weighted by Crippen LogP contribution is -2.28. The molecule has 1 atom stereocenters. The van der Waals surface area contributed by atoms with Crippen LogP contribution in [0.15, 0.2) is 76.3 Å². The minimum atomic E-state index is -0.113. The Labute approximate surface area is 238 Å². The molecule has 0 fully saturated rings. The Morgan fingerprint density at radius 3 is 2.69 bits per heavy atom. The molecular weight excluding hydrogens is 528 g/mol. The highest BCUT2D eigenvalue weighted by atomic mass is 35.5. The molecule has 2 aromatic carbocycles. The molecule has 0 saturated heterocycles. The molecule has 4 aromatic rings. The fraction of sp³-hybridized carbons (Fsp3) is 0.312. The molecule has 1 aliphatic rings. The number of halogens is 1. The molecule has 0 aliphatic heterocycles. The van der Waals surface area contributed by atoms with Crippen LogP contribution in [0.4, 0.5) is 5.00 Å². The Bertz CT molecular complexity index is 1450. The lowest BCUT2D eigenvalue weighted by Gasteiger charge is -2.33. The van der Waals surface area contributed by atoms with Crippen molar-refractivity contribution in [2.45, 2.75) is 53.2 Å². The standard InChI is InChI=1S/C32H33ClN2O3S/c1-32(2,3)23-12-15-26-28(17-23)39-31(29(26)30(36)34-19-25-8-6-16-37-25)35-18-22-7-4-5-9-27(22)38-20-21-10-13-24(33)14-11-21/h4-11,13-14,16,18,23H,12,15,17,19-20H2,1-3H3,(H,34,36)/t23-/m0/s1.